The highest BCUT2D eigenvalue weighted by Gasteiger charge is 2.25. The zero-order valence-corrected chi connectivity index (χ0v) is 17.8. The fraction of sp³-hybridized carbons (Fsp3) is 0.409. The van der Waals surface area contributed by atoms with Gasteiger partial charge in [-0.25, -0.2) is 13.1 Å². The van der Waals surface area contributed by atoms with Crippen molar-refractivity contribution in [2.75, 3.05) is 26.7 Å². The van der Waals surface area contributed by atoms with Crippen molar-refractivity contribution in [3.63, 3.8) is 0 Å². The van der Waals surface area contributed by atoms with Gasteiger partial charge >= 0.3 is 0 Å². The number of rotatable bonds is 7. The summed E-state index contributed by atoms with van der Waals surface area (Å²) in [5.41, 5.74) is 1.64. The van der Waals surface area contributed by atoms with Crippen LogP contribution in [0.1, 0.15) is 41.7 Å². The fourth-order valence-electron chi connectivity index (χ4n) is 3.67. The number of benzene rings is 2. The minimum atomic E-state index is -3.51. The minimum Gasteiger partial charge on any atom is -0.350 e. The van der Waals surface area contributed by atoms with Gasteiger partial charge in [-0.05, 0) is 68.7 Å². The summed E-state index contributed by atoms with van der Waals surface area (Å²) in [6, 6.07) is 16.4. The largest absolute Gasteiger partial charge is 0.350 e. The molecule has 0 spiro atoms. The Balaban J connectivity index is 1.69. The highest BCUT2D eigenvalue weighted by Crippen LogP contribution is 2.26. The van der Waals surface area contributed by atoms with E-state index in [1.807, 2.05) is 18.2 Å². The summed E-state index contributed by atoms with van der Waals surface area (Å²) in [5.74, 6) is 0.536. The lowest BCUT2D eigenvalue weighted by atomic mass is 9.95. The van der Waals surface area contributed by atoms with Crippen LogP contribution in [-0.4, -0.2) is 45.9 Å². The van der Waals surface area contributed by atoms with Crippen molar-refractivity contribution in [1.82, 2.24) is 14.9 Å². The van der Waals surface area contributed by atoms with Crippen molar-refractivity contribution in [2.45, 2.75) is 30.7 Å². The Kier molecular flexibility index (Phi) is 7.05. The van der Waals surface area contributed by atoms with Gasteiger partial charge in [-0.15, -0.1) is 0 Å². The molecule has 1 fully saturated rings. The van der Waals surface area contributed by atoms with Gasteiger partial charge in [0.05, 0.1) is 10.9 Å². The SMILES string of the molecule is CNS(=O)(=O)c1ccc(C(=O)NCC(c2ccccc2)N2CCC(C)CC2)cc1. The normalized spacial score (nSPS) is 17.0. The standard InChI is InChI=1S/C22H29N3O3S/c1-17-12-14-25(15-13-17)21(18-6-4-3-5-7-18)16-24-22(26)19-8-10-20(11-9-19)29(27,28)23-2/h3-11,17,21,23H,12-16H2,1-2H3,(H,24,26). The first-order chi connectivity index (χ1) is 13.9. The fourth-order valence-corrected chi connectivity index (χ4v) is 4.40. The predicted octanol–water partition coefficient (Wildman–Crippen LogP) is 2.80. The first kappa shape index (κ1) is 21.5. The van der Waals surface area contributed by atoms with Gasteiger partial charge in [0.25, 0.3) is 5.91 Å². The molecule has 0 bridgehead atoms. The number of carbonyl (C=O) groups is 1. The quantitative estimate of drug-likeness (QED) is 0.729. The number of nitrogens with one attached hydrogen (secondary N) is 2. The molecule has 0 radical (unpaired) electrons. The second kappa shape index (κ2) is 9.52. The number of sulfonamides is 1. The number of carbonyl (C=O) groups excluding carboxylic acids is 1. The van der Waals surface area contributed by atoms with Crippen molar-refractivity contribution in [2.24, 2.45) is 5.92 Å². The number of hydrogen-bond acceptors (Lipinski definition) is 4. The van der Waals surface area contributed by atoms with Gasteiger partial charge in [-0.2, -0.15) is 0 Å². The Labute approximate surface area is 173 Å². The summed E-state index contributed by atoms with van der Waals surface area (Å²) in [4.78, 5) is 15.2. The maximum atomic E-state index is 12.7. The van der Waals surface area contributed by atoms with E-state index in [-0.39, 0.29) is 16.8 Å². The highest BCUT2D eigenvalue weighted by molar-refractivity contribution is 7.89. The summed E-state index contributed by atoms with van der Waals surface area (Å²) >= 11 is 0. The molecule has 2 aromatic rings. The third kappa shape index (κ3) is 5.44. The molecule has 1 aliphatic rings. The minimum absolute atomic E-state index is 0.122. The summed E-state index contributed by atoms with van der Waals surface area (Å²) in [6.07, 6.45) is 2.33. The van der Waals surface area contributed by atoms with Gasteiger partial charge in [0, 0.05) is 12.1 Å². The van der Waals surface area contributed by atoms with Crippen molar-refractivity contribution in [3.05, 3.63) is 65.7 Å². The Morgan fingerprint density at radius 2 is 1.69 bits per heavy atom. The van der Waals surface area contributed by atoms with E-state index in [0.29, 0.717) is 12.1 Å². The molecule has 1 aliphatic heterocycles. The lowest BCUT2D eigenvalue weighted by molar-refractivity contribution is 0.0913. The van der Waals surface area contributed by atoms with Crippen LogP contribution in [0.15, 0.2) is 59.5 Å². The first-order valence-electron chi connectivity index (χ1n) is 10.0. The lowest BCUT2D eigenvalue weighted by Gasteiger charge is -2.37. The number of likely N-dealkylation sites (tertiary alicyclic amines) is 1. The van der Waals surface area contributed by atoms with Gasteiger partial charge in [0.1, 0.15) is 0 Å². The second-order valence-electron chi connectivity index (χ2n) is 7.59. The average molecular weight is 416 g/mol. The Bertz CT molecular complexity index is 906. The molecule has 0 saturated carbocycles. The van der Waals surface area contributed by atoms with E-state index in [1.165, 1.54) is 37.6 Å². The Hall–Kier alpha value is -2.22. The van der Waals surface area contributed by atoms with Crippen LogP contribution in [0.25, 0.3) is 0 Å². The molecule has 2 N–H and O–H groups in total. The predicted molar refractivity (Wildman–Crippen MR) is 114 cm³/mol. The van der Waals surface area contributed by atoms with Crippen molar-refractivity contribution in [3.8, 4) is 0 Å². The molecule has 1 amide bonds. The molecule has 1 unspecified atom stereocenters. The van der Waals surface area contributed by atoms with E-state index in [2.05, 4.69) is 34.0 Å². The Morgan fingerprint density at radius 1 is 1.07 bits per heavy atom. The molecular formula is C22H29N3O3S. The van der Waals surface area contributed by atoms with E-state index >= 15 is 0 Å². The highest BCUT2D eigenvalue weighted by atomic mass is 32.2. The van der Waals surface area contributed by atoms with Crippen LogP contribution in [0.3, 0.4) is 0 Å². The maximum absolute atomic E-state index is 12.7. The summed E-state index contributed by atoms with van der Waals surface area (Å²) in [5, 5.41) is 3.03. The van der Waals surface area contributed by atoms with Gasteiger partial charge < -0.3 is 5.32 Å². The van der Waals surface area contributed by atoms with Crippen molar-refractivity contribution in [1.29, 1.82) is 0 Å². The van der Waals surface area contributed by atoms with Crippen LogP contribution < -0.4 is 10.0 Å². The smallest absolute Gasteiger partial charge is 0.251 e. The molecule has 1 saturated heterocycles. The van der Waals surface area contributed by atoms with Crippen molar-refractivity contribution < 1.29 is 13.2 Å². The number of piperidine rings is 1. The number of nitrogens with zero attached hydrogens (tertiary/aromatic N) is 1. The van der Waals surface area contributed by atoms with Crippen LogP contribution in [0.5, 0.6) is 0 Å². The number of amides is 1. The monoisotopic (exact) mass is 415 g/mol. The first-order valence-corrected chi connectivity index (χ1v) is 11.5. The van der Waals surface area contributed by atoms with E-state index in [1.54, 1.807) is 12.1 Å². The summed E-state index contributed by atoms with van der Waals surface area (Å²) in [6.45, 7) is 4.84. The third-order valence-electron chi connectivity index (χ3n) is 5.59. The zero-order chi connectivity index (χ0) is 20.9. The molecule has 6 nitrogen and oxygen atoms in total. The van der Waals surface area contributed by atoms with Crippen LogP contribution >= 0.6 is 0 Å². The van der Waals surface area contributed by atoms with Crippen LogP contribution in [0, 0.1) is 5.92 Å². The molecule has 3 rings (SSSR count). The second-order valence-corrected chi connectivity index (χ2v) is 9.47. The molecule has 1 atom stereocenters. The molecule has 1 heterocycles. The topological polar surface area (TPSA) is 78.5 Å². The van der Waals surface area contributed by atoms with E-state index in [0.717, 1.165) is 19.0 Å². The Morgan fingerprint density at radius 3 is 2.28 bits per heavy atom. The summed E-state index contributed by atoms with van der Waals surface area (Å²) < 4.78 is 25.9. The van der Waals surface area contributed by atoms with Crippen molar-refractivity contribution >= 4 is 15.9 Å². The van der Waals surface area contributed by atoms with Crippen LogP contribution in [-0.2, 0) is 10.0 Å². The van der Waals surface area contributed by atoms with E-state index in [4.69, 9.17) is 0 Å². The molecule has 156 valence electrons. The summed E-state index contributed by atoms with van der Waals surface area (Å²) in [7, 11) is -2.15. The molecule has 0 aliphatic carbocycles. The maximum Gasteiger partial charge on any atom is 0.251 e. The van der Waals surface area contributed by atoms with Crippen LogP contribution in [0.4, 0.5) is 0 Å². The van der Waals surface area contributed by atoms with E-state index < -0.39 is 10.0 Å². The third-order valence-corrected chi connectivity index (χ3v) is 7.03. The van der Waals surface area contributed by atoms with Gasteiger partial charge in [-0.1, -0.05) is 37.3 Å². The molecular weight excluding hydrogens is 386 g/mol. The van der Waals surface area contributed by atoms with E-state index in [9.17, 15) is 13.2 Å². The lowest BCUT2D eigenvalue weighted by Crippen LogP contribution is -2.42. The van der Waals surface area contributed by atoms with Crippen LogP contribution in [0.2, 0.25) is 0 Å². The van der Waals surface area contributed by atoms with Gasteiger partial charge in [0.15, 0.2) is 0 Å². The molecule has 0 aromatic heterocycles. The molecule has 29 heavy (non-hydrogen) atoms. The van der Waals surface area contributed by atoms with Gasteiger partial charge in [-0.3, -0.25) is 9.69 Å². The molecule has 2 aromatic carbocycles. The number of hydrogen-bond donors (Lipinski definition) is 2. The zero-order valence-electron chi connectivity index (χ0n) is 17.0. The molecule has 7 heteroatoms. The average Bonchev–Trinajstić information content (AvgIpc) is 2.76. The van der Waals surface area contributed by atoms with Gasteiger partial charge in [0.2, 0.25) is 10.0 Å².